The van der Waals surface area contributed by atoms with Gasteiger partial charge in [-0.1, -0.05) is 72.8 Å². The minimum absolute atomic E-state index is 0.278. The summed E-state index contributed by atoms with van der Waals surface area (Å²) < 4.78 is 11.1. The van der Waals surface area contributed by atoms with Gasteiger partial charge in [0.1, 0.15) is 11.3 Å². The number of benzene rings is 3. The van der Waals surface area contributed by atoms with Crippen LogP contribution in [0.5, 0.6) is 5.75 Å². The molecule has 0 spiro atoms. The summed E-state index contributed by atoms with van der Waals surface area (Å²) in [5.41, 5.74) is 3.19. The summed E-state index contributed by atoms with van der Waals surface area (Å²) in [7, 11) is 0. The van der Waals surface area contributed by atoms with Crippen LogP contribution in [-0.4, -0.2) is 61.7 Å². The molecule has 1 aliphatic heterocycles. The van der Waals surface area contributed by atoms with Crippen molar-refractivity contribution in [3.05, 3.63) is 102 Å². The Bertz CT molecular complexity index is 1000. The topological polar surface area (TPSA) is 42.0 Å². The lowest BCUT2D eigenvalue weighted by molar-refractivity contribution is 0.0521. The van der Waals surface area contributed by atoms with Crippen molar-refractivity contribution in [2.24, 2.45) is 0 Å². The molecule has 4 rings (SSSR count). The van der Waals surface area contributed by atoms with Gasteiger partial charge >= 0.3 is 5.97 Å². The van der Waals surface area contributed by atoms with Crippen LogP contribution in [0.15, 0.2) is 84.9 Å². The molecule has 0 N–H and O–H groups in total. The Morgan fingerprint density at radius 2 is 1.49 bits per heavy atom. The van der Waals surface area contributed by atoms with Crippen LogP contribution in [-0.2, 0) is 4.74 Å². The third-order valence-electron chi connectivity index (χ3n) is 6.48. The number of rotatable bonds is 10. The van der Waals surface area contributed by atoms with Gasteiger partial charge < -0.3 is 14.4 Å². The fraction of sp³-hybridized carbons (Fsp3) is 0.367. The van der Waals surface area contributed by atoms with E-state index in [1.54, 1.807) is 6.07 Å². The largest absolute Gasteiger partial charge is 0.493 e. The first kappa shape index (κ1) is 25.0. The van der Waals surface area contributed by atoms with Gasteiger partial charge in [0.25, 0.3) is 0 Å². The van der Waals surface area contributed by atoms with Gasteiger partial charge in [-0.2, -0.15) is 0 Å². The van der Waals surface area contributed by atoms with Crippen molar-refractivity contribution in [1.29, 1.82) is 0 Å². The lowest BCUT2D eigenvalue weighted by atomic mass is 9.97. The monoisotopic (exact) mass is 472 g/mol. The molecule has 0 saturated carbocycles. The Kier molecular flexibility index (Phi) is 9.32. The van der Waals surface area contributed by atoms with Crippen molar-refractivity contribution >= 4 is 5.97 Å². The number of carbonyl (C=O) groups is 1. The molecule has 5 heteroatoms. The SMILES string of the molecule is CCOC(=O)c1ccccc1OCCCN1CCCN(C(c2ccccc2)c2ccccc2)CC1. The van der Waals surface area contributed by atoms with Gasteiger partial charge in [0.2, 0.25) is 0 Å². The molecule has 0 unspecified atom stereocenters. The minimum Gasteiger partial charge on any atom is -0.493 e. The van der Waals surface area contributed by atoms with Gasteiger partial charge in [-0.25, -0.2) is 4.79 Å². The summed E-state index contributed by atoms with van der Waals surface area (Å²) in [5, 5.41) is 0. The smallest absolute Gasteiger partial charge is 0.341 e. The van der Waals surface area contributed by atoms with Gasteiger partial charge in [-0.3, -0.25) is 4.90 Å². The first-order valence-corrected chi connectivity index (χ1v) is 12.7. The zero-order valence-corrected chi connectivity index (χ0v) is 20.6. The molecule has 0 aromatic heterocycles. The van der Waals surface area contributed by atoms with Crippen molar-refractivity contribution < 1.29 is 14.3 Å². The first-order chi connectivity index (χ1) is 17.3. The molecule has 1 aliphatic rings. The molecular weight excluding hydrogens is 436 g/mol. The van der Waals surface area contributed by atoms with E-state index in [1.165, 1.54) is 11.1 Å². The zero-order valence-electron chi connectivity index (χ0n) is 20.6. The maximum atomic E-state index is 12.2. The Morgan fingerprint density at radius 1 is 0.829 bits per heavy atom. The molecule has 0 bridgehead atoms. The quantitative estimate of drug-likeness (QED) is 0.291. The van der Waals surface area contributed by atoms with Crippen molar-refractivity contribution in [2.45, 2.75) is 25.8 Å². The number of carbonyl (C=O) groups excluding carboxylic acids is 1. The summed E-state index contributed by atoms with van der Waals surface area (Å²) in [6, 6.07) is 29.3. The highest BCUT2D eigenvalue weighted by molar-refractivity contribution is 5.92. The summed E-state index contributed by atoms with van der Waals surface area (Å²) in [4.78, 5) is 17.3. The lowest BCUT2D eigenvalue weighted by Gasteiger charge is -2.31. The van der Waals surface area contributed by atoms with Crippen LogP contribution in [0, 0.1) is 0 Å². The van der Waals surface area contributed by atoms with Crippen LogP contribution in [0.4, 0.5) is 0 Å². The van der Waals surface area contributed by atoms with Crippen molar-refractivity contribution in [3.8, 4) is 5.75 Å². The van der Waals surface area contributed by atoms with E-state index in [-0.39, 0.29) is 12.0 Å². The molecule has 0 radical (unpaired) electrons. The van der Waals surface area contributed by atoms with E-state index in [1.807, 2.05) is 25.1 Å². The number of nitrogens with zero attached hydrogens (tertiary/aromatic N) is 2. The molecule has 0 atom stereocenters. The second kappa shape index (κ2) is 13.1. The minimum atomic E-state index is -0.331. The van der Waals surface area contributed by atoms with Crippen LogP contribution in [0.2, 0.25) is 0 Å². The molecular formula is C30H36N2O3. The number of para-hydroxylation sites is 1. The van der Waals surface area contributed by atoms with Crippen molar-refractivity contribution in [3.63, 3.8) is 0 Å². The number of hydrogen-bond acceptors (Lipinski definition) is 5. The predicted molar refractivity (Wildman–Crippen MR) is 140 cm³/mol. The van der Waals surface area contributed by atoms with E-state index in [0.717, 1.165) is 45.6 Å². The standard InChI is InChI=1S/C30H36N2O3/c1-2-34-30(33)27-17-9-10-18-28(27)35-24-12-20-31-19-11-21-32(23-22-31)29(25-13-5-3-6-14-25)26-15-7-4-8-16-26/h3-10,13-18,29H,2,11-12,19-24H2,1H3. The second-order valence-corrected chi connectivity index (χ2v) is 8.87. The number of ether oxygens (including phenoxy) is 2. The van der Waals surface area contributed by atoms with Gasteiger partial charge in [-0.05, 0) is 49.6 Å². The third kappa shape index (κ3) is 6.93. The fourth-order valence-corrected chi connectivity index (χ4v) is 4.80. The molecule has 1 saturated heterocycles. The molecule has 3 aromatic rings. The van der Waals surface area contributed by atoms with Gasteiger partial charge in [0.05, 0.1) is 19.3 Å². The Labute approximate surface area is 209 Å². The lowest BCUT2D eigenvalue weighted by Crippen LogP contribution is -2.34. The summed E-state index contributed by atoms with van der Waals surface area (Å²) >= 11 is 0. The van der Waals surface area contributed by atoms with Crippen molar-refractivity contribution in [1.82, 2.24) is 9.80 Å². The highest BCUT2D eigenvalue weighted by Crippen LogP contribution is 2.29. The summed E-state index contributed by atoms with van der Waals surface area (Å²) in [6.45, 7) is 7.96. The normalized spacial score (nSPS) is 15.0. The Balaban J connectivity index is 1.31. The fourth-order valence-electron chi connectivity index (χ4n) is 4.80. The molecule has 0 amide bonds. The number of esters is 1. The van der Waals surface area contributed by atoms with Crippen molar-refractivity contribution in [2.75, 3.05) is 45.9 Å². The van der Waals surface area contributed by atoms with E-state index in [2.05, 4.69) is 70.5 Å². The molecule has 5 nitrogen and oxygen atoms in total. The van der Waals surface area contributed by atoms with Crippen LogP contribution in [0.1, 0.15) is 47.3 Å². The van der Waals surface area contributed by atoms with E-state index in [0.29, 0.717) is 24.5 Å². The second-order valence-electron chi connectivity index (χ2n) is 8.87. The van der Waals surface area contributed by atoms with Gasteiger partial charge in [0, 0.05) is 26.2 Å². The number of hydrogen-bond donors (Lipinski definition) is 0. The maximum Gasteiger partial charge on any atom is 0.341 e. The Hall–Kier alpha value is -3.15. The van der Waals surface area contributed by atoms with E-state index in [9.17, 15) is 4.79 Å². The van der Waals surface area contributed by atoms with E-state index < -0.39 is 0 Å². The molecule has 1 fully saturated rings. The van der Waals surface area contributed by atoms with Gasteiger partial charge in [-0.15, -0.1) is 0 Å². The van der Waals surface area contributed by atoms with Crippen LogP contribution >= 0.6 is 0 Å². The summed E-state index contributed by atoms with van der Waals surface area (Å²) in [6.07, 6.45) is 2.06. The van der Waals surface area contributed by atoms with Crippen LogP contribution < -0.4 is 4.74 Å². The molecule has 1 heterocycles. The molecule has 184 valence electrons. The van der Waals surface area contributed by atoms with E-state index in [4.69, 9.17) is 9.47 Å². The average Bonchev–Trinajstić information content (AvgIpc) is 3.14. The average molecular weight is 473 g/mol. The maximum absolute atomic E-state index is 12.2. The predicted octanol–water partition coefficient (Wildman–Crippen LogP) is 5.43. The molecule has 35 heavy (non-hydrogen) atoms. The Morgan fingerprint density at radius 3 is 2.17 bits per heavy atom. The molecule has 3 aromatic carbocycles. The summed E-state index contributed by atoms with van der Waals surface area (Å²) in [5.74, 6) is 0.267. The highest BCUT2D eigenvalue weighted by atomic mass is 16.5. The molecule has 0 aliphatic carbocycles. The highest BCUT2D eigenvalue weighted by Gasteiger charge is 2.24. The zero-order chi connectivity index (χ0) is 24.3. The van der Waals surface area contributed by atoms with Crippen LogP contribution in [0.3, 0.4) is 0 Å². The first-order valence-electron chi connectivity index (χ1n) is 12.7. The van der Waals surface area contributed by atoms with E-state index >= 15 is 0 Å². The van der Waals surface area contributed by atoms with Gasteiger partial charge in [0.15, 0.2) is 0 Å². The third-order valence-corrected chi connectivity index (χ3v) is 6.48. The van der Waals surface area contributed by atoms with Crippen LogP contribution in [0.25, 0.3) is 0 Å².